The Kier molecular flexibility index (Phi) is 5.37. The Bertz CT molecular complexity index is 697. The normalized spacial score (nSPS) is 20.9. The second-order valence-corrected chi connectivity index (χ2v) is 8.52. The molecule has 2 aliphatic heterocycles. The number of hydrogen-bond acceptors (Lipinski definition) is 8. The van der Waals surface area contributed by atoms with Crippen molar-refractivity contribution < 1.29 is 8.42 Å². The Morgan fingerprint density at radius 3 is 2.16 bits per heavy atom. The van der Waals surface area contributed by atoms with Crippen molar-refractivity contribution in [2.75, 3.05) is 64.0 Å². The minimum Gasteiger partial charge on any atom is -0.368 e. The first-order valence-electron chi connectivity index (χ1n) is 8.51. The second kappa shape index (κ2) is 7.36. The van der Waals surface area contributed by atoms with Crippen molar-refractivity contribution in [2.45, 2.75) is 19.4 Å². The van der Waals surface area contributed by atoms with Gasteiger partial charge in [-0.2, -0.15) is 32.0 Å². The molecule has 2 fully saturated rings. The van der Waals surface area contributed by atoms with Gasteiger partial charge in [-0.1, -0.05) is 0 Å². The summed E-state index contributed by atoms with van der Waals surface area (Å²) < 4.78 is 28.4. The zero-order valence-corrected chi connectivity index (χ0v) is 15.6. The van der Waals surface area contributed by atoms with Crippen LogP contribution in [-0.2, 0) is 16.8 Å². The van der Waals surface area contributed by atoms with Crippen LogP contribution >= 0.6 is 0 Å². The van der Waals surface area contributed by atoms with Crippen LogP contribution in [0.25, 0.3) is 0 Å². The number of anilines is 2. The van der Waals surface area contributed by atoms with Gasteiger partial charge in [-0.05, 0) is 12.8 Å². The number of aromatic nitrogens is 3. The smallest absolute Gasteiger partial charge is 0.282 e. The predicted octanol–water partition coefficient (Wildman–Crippen LogP) is -1.02. The SMILES string of the molecule is CN(C)c1nc(N)nc(CN2CCN(S(=O)(=O)N3CCCC3)CC2)n1. The van der Waals surface area contributed by atoms with Crippen molar-refractivity contribution in [1.29, 1.82) is 0 Å². The Morgan fingerprint density at radius 1 is 0.960 bits per heavy atom. The average molecular weight is 370 g/mol. The quantitative estimate of drug-likeness (QED) is 0.701. The highest BCUT2D eigenvalue weighted by Gasteiger charge is 2.33. The summed E-state index contributed by atoms with van der Waals surface area (Å²) in [6.45, 7) is 4.08. The molecular weight excluding hydrogens is 344 g/mol. The van der Waals surface area contributed by atoms with E-state index in [9.17, 15) is 8.42 Å². The predicted molar refractivity (Wildman–Crippen MR) is 95.1 cm³/mol. The Morgan fingerprint density at radius 2 is 1.56 bits per heavy atom. The van der Waals surface area contributed by atoms with Gasteiger partial charge in [-0.25, -0.2) is 0 Å². The van der Waals surface area contributed by atoms with Crippen LogP contribution in [0.15, 0.2) is 0 Å². The Hall–Kier alpha value is -1.56. The van der Waals surface area contributed by atoms with Gasteiger partial charge in [0.05, 0.1) is 6.54 Å². The molecule has 140 valence electrons. The lowest BCUT2D eigenvalue weighted by Gasteiger charge is -2.35. The first kappa shape index (κ1) is 18.2. The molecule has 11 heteroatoms. The molecule has 2 N–H and O–H groups in total. The molecule has 1 aromatic rings. The molecule has 0 amide bonds. The van der Waals surface area contributed by atoms with E-state index in [1.165, 1.54) is 0 Å². The maximum atomic E-state index is 12.6. The third-order valence-corrected chi connectivity index (χ3v) is 6.54. The van der Waals surface area contributed by atoms with Gasteiger partial charge >= 0.3 is 0 Å². The van der Waals surface area contributed by atoms with Gasteiger partial charge < -0.3 is 10.6 Å². The lowest BCUT2D eigenvalue weighted by Crippen LogP contribution is -2.52. The van der Waals surface area contributed by atoms with E-state index < -0.39 is 10.2 Å². The van der Waals surface area contributed by atoms with Gasteiger partial charge in [0.1, 0.15) is 5.82 Å². The van der Waals surface area contributed by atoms with E-state index in [2.05, 4.69) is 19.9 Å². The second-order valence-electron chi connectivity index (χ2n) is 6.59. The maximum absolute atomic E-state index is 12.6. The van der Waals surface area contributed by atoms with E-state index in [0.717, 1.165) is 12.8 Å². The van der Waals surface area contributed by atoms with Crippen LogP contribution in [0.3, 0.4) is 0 Å². The molecule has 3 heterocycles. The van der Waals surface area contributed by atoms with Crippen LogP contribution in [0.1, 0.15) is 18.7 Å². The van der Waals surface area contributed by atoms with Crippen molar-refractivity contribution in [3.63, 3.8) is 0 Å². The zero-order valence-electron chi connectivity index (χ0n) is 14.8. The minimum atomic E-state index is -3.31. The molecule has 25 heavy (non-hydrogen) atoms. The topological polar surface area (TPSA) is 112 Å². The fourth-order valence-electron chi connectivity index (χ4n) is 3.10. The van der Waals surface area contributed by atoms with Gasteiger partial charge in [0.15, 0.2) is 0 Å². The average Bonchev–Trinajstić information content (AvgIpc) is 3.10. The number of nitrogen functional groups attached to an aromatic ring is 1. The third kappa shape index (κ3) is 4.17. The summed E-state index contributed by atoms with van der Waals surface area (Å²) in [5, 5.41) is 0. The number of nitrogens with two attached hydrogens (primary N) is 1. The molecule has 0 aromatic carbocycles. The van der Waals surface area contributed by atoms with Crippen molar-refractivity contribution in [1.82, 2.24) is 28.5 Å². The summed E-state index contributed by atoms with van der Waals surface area (Å²) in [6.07, 6.45) is 1.91. The Labute approximate surface area is 148 Å². The van der Waals surface area contributed by atoms with E-state index in [1.54, 1.807) is 13.5 Å². The molecule has 0 spiro atoms. The number of nitrogens with zero attached hydrogens (tertiary/aromatic N) is 7. The molecule has 0 aliphatic carbocycles. The summed E-state index contributed by atoms with van der Waals surface area (Å²) in [5.74, 6) is 1.33. The molecule has 0 bridgehead atoms. The lowest BCUT2D eigenvalue weighted by atomic mass is 10.3. The van der Waals surface area contributed by atoms with Gasteiger partial charge in [0.2, 0.25) is 11.9 Å². The van der Waals surface area contributed by atoms with Crippen LogP contribution in [0, 0.1) is 0 Å². The molecule has 0 unspecified atom stereocenters. The number of rotatable bonds is 5. The van der Waals surface area contributed by atoms with Gasteiger partial charge in [-0.15, -0.1) is 0 Å². The van der Waals surface area contributed by atoms with E-state index in [4.69, 9.17) is 5.73 Å². The Balaban J connectivity index is 1.59. The lowest BCUT2D eigenvalue weighted by molar-refractivity contribution is 0.173. The highest BCUT2D eigenvalue weighted by atomic mass is 32.2. The molecule has 10 nitrogen and oxygen atoms in total. The van der Waals surface area contributed by atoms with Gasteiger partial charge in [0, 0.05) is 53.4 Å². The van der Waals surface area contributed by atoms with Crippen LogP contribution < -0.4 is 10.6 Å². The third-order valence-electron chi connectivity index (χ3n) is 4.50. The maximum Gasteiger partial charge on any atom is 0.282 e. The molecular formula is C14H26N8O2S. The monoisotopic (exact) mass is 370 g/mol. The highest BCUT2D eigenvalue weighted by molar-refractivity contribution is 7.86. The fourth-order valence-corrected chi connectivity index (χ4v) is 4.77. The first-order chi connectivity index (χ1) is 11.9. The van der Waals surface area contributed by atoms with E-state index in [-0.39, 0.29) is 5.95 Å². The number of hydrogen-bond donors (Lipinski definition) is 1. The molecule has 1 aromatic heterocycles. The van der Waals surface area contributed by atoms with E-state index in [0.29, 0.717) is 57.6 Å². The van der Waals surface area contributed by atoms with Gasteiger partial charge in [-0.3, -0.25) is 4.90 Å². The summed E-state index contributed by atoms with van der Waals surface area (Å²) in [6, 6.07) is 0. The van der Waals surface area contributed by atoms with E-state index >= 15 is 0 Å². The highest BCUT2D eigenvalue weighted by Crippen LogP contribution is 2.18. The molecule has 0 atom stereocenters. The van der Waals surface area contributed by atoms with Crippen molar-refractivity contribution in [2.24, 2.45) is 0 Å². The van der Waals surface area contributed by atoms with Crippen LogP contribution in [0.2, 0.25) is 0 Å². The van der Waals surface area contributed by atoms with Crippen LogP contribution in [0.4, 0.5) is 11.9 Å². The standard InChI is InChI=1S/C14H26N8O2S/c1-19(2)14-17-12(16-13(15)18-14)11-20-7-9-22(10-8-20)25(23,24)21-5-3-4-6-21/h3-11H2,1-2H3,(H2,15,16,17,18). The largest absolute Gasteiger partial charge is 0.368 e. The summed E-state index contributed by atoms with van der Waals surface area (Å²) in [7, 11) is 0.385. The minimum absolute atomic E-state index is 0.198. The summed E-state index contributed by atoms with van der Waals surface area (Å²) >= 11 is 0. The van der Waals surface area contributed by atoms with Crippen LogP contribution in [-0.4, -0.2) is 90.2 Å². The van der Waals surface area contributed by atoms with Crippen molar-refractivity contribution in [3.05, 3.63) is 5.82 Å². The van der Waals surface area contributed by atoms with Crippen molar-refractivity contribution >= 4 is 22.1 Å². The van der Waals surface area contributed by atoms with Crippen LogP contribution in [0.5, 0.6) is 0 Å². The molecule has 0 saturated carbocycles. The summed E-state index contributed by atoms with van der Waals surface area (Å²) in [4.78, 5) is 16.6. The fraction of sp³-hybridized carbons (Fsp3) is 0.786. The summed E-state index contributed by atoms with van der Waals surface area (Å²) in [5.41, 5.74) is 5.75. The zero-order chi connectivity index (χ0) is 18.0. The molecule has 2 saturated heterocycles. The van der Waals surface area contributed by atoms with E-state index in [1.807, 2.05) is 14.1 Å². The number of piperazine rings is 1. The molecule has 2 aliphatic rings. The molecule has 0 radical (unpaired) electrons. The molecule has 3 rings (SSSR count). The van der Waals surface area contributed by atoms with Crippen molar-refractivity contribution in [3.8, 4) is 0 Å². The van der Waals surface area contributed by atoms with Gasteiger partial charge in [0.25, 0.3) is 10.2 Å². The first-order valence-corrected chi connectivity index (χ1v) is 9.91.